The summed E-state index contributed by atoms with van der Waals surface area (Å²) < 4.78 is 13.2. The first-order chi connectivity index (χ1) is 11.6. The number of nitrogens with one attached hydrogen (secondary N) is 1. The zero-order valence-corrected chi connectivity index (χ0v) is 18.0. The Morgan fingerprint density at radius 2 is 2.24 bits per heavy atom. The number of aliphatic imine (C=N–C) groups is 1. The number of benzene rings is 1. The lowest BCUT2D eigenvalue weighted by Gasteiger charge is -2.29. The summed E-state index contributed by atoms with van der Waals surface area (Å²) in [4.78, 5) is 9.16. The maximum Gasteiger partial charge on any atom is 0.193 e. The Bertz CT molecular complexity index is 538. The van der Waals surface area contributed by atoms with Crippen molar-refractivity contribution >= 4 is 29.9 Å². The molecule has 6 heteroatoms. The average Bonchev–Trinajstić information content (AvgIpc) is 3.02. The van der Waals surface area contributed by atoms with Crippen LogP contribution in [0.2, 0.25) is 0 Å². The van der Waals surface area contributed by atoms with Gasteiger partial charge in [0.25, 0.3) is 0 Å². The molecule has 1 N–H and O–H groups in total. The molecule has 1 heterocycles. The van der Waals surface area contributed by atoms with Gasteiger partial charge in [-0.25, -0.2) is 4.39 Å². The zero-order valence-electron chi connectivity index (χ0n) is 15.7. The fourth-order valence-electron chi connectivity index (χ4n) is 3.49. The van der Waals surface area contributed by atoms with Crippen molar-refractivity contribution in [2.45, 2.75) is 38.6 Å². The van der Waals surface area contributed by atoms with Crippen LogP contribution >= 0.6 is 24.0 Å². The summed E-state index contributed by atoms with van der Waals surface area (Å²) in [7, 11) is 3.94. The van der Waals surface area contributed by atoms with Crippen molar-refractivity contribution in [2.24, 2.45) is 4.99 Å². The zero-order chi connectivity index (χ0) is 17.4. The fourth-order valence-corrected chi connectivity index (χ4v) is 3.49. The largest absolute Gasteiger partial charge is 0.356 e. The third kappa shape index (κ3) is 7.09. The number of nitrogens with zero attached hydrogens (tertiary/aromatic N) is 3. The molecule has 1 aliphatic rings. The van der Waals surface area contributed by atoms with E-state index in [1.54, 1.807) is 12.1 Å². The van der Waals surface area contributed by atoms with E-state index in [1.165, 1.54) is 25.5 Å². The van der Waals surface area contributed by atoms with Gasteiger partial charge in [0.05, 0.1) is 0 Å². The SMILES string of the molecule is CCN1CCCC1CN(C)C(=NC)NCCCc1cccc(F)c1.I. The van der Waals surface area contributed by atoms with Crippen LogP contribution in [-0.2, 0) is 6.42 Å². The van der Waals surface area contributed by atoms with E-state index in [2.05, 4.69) is 34.1 Å². The quantitative estimate of drug-likeness (QED) is 0.292. The smallest absolute Gasteiger partial charge is 0.193 e. The summed E-state index contributed by atoms with van der Waals surface area (Å²) in [5, 5.41) is 3.42. The molecule has 4 nitrogen and oxygen atoms in total. The van der Waals surface area contributed by atoms with Gasteiger partial charge in [0.15, 0.2) is 5.96 Å². The lowest BCUT2D eigenvalue weighted by molar-refractivity contribution is 0.232. The minimum atomic E-state index is -0.159. The Labute approximate surface area is 168 Å². The molecule has 2 rings (SSSR count). The molecule has 142 valence electrons. The van der Waals surface area contributed by atoms with Gasteiger partial charge >= 0.3 is 0 Å². The summed E-state index contributed by atoms with van der Waals surface area (Å²) >= 11 is 0. The van der Waals surface area contributed by atoms with Crippen LogP contribution in [0.1, 0.15) is 31.7 Å². The Kier molecular flexibility index (Phi) is 10.3. The molecule has 0 bridgehead atoms. The molecular formula is C19H32FIN4. The summed E-state index contributed by atoms with van der Waals surface area (Å²) in [6.07, 6.45) is 4.40. The molecule has 1 aromatic rings. The molecule has 1 atom stereocenters. The van der Waals surface area contributed by atoms with Crippen LogP contribution in [0.4, 0.5) is 4.39 Å². The molecule has 0 saturated carbocycles. The lowest BCUT2D eigenvalue weighted by atomic mass is 10.1. The van der Waals surface area contributed by atoms with Crippen LogP contribution in [0.15, 0.2) is 29.3 Å². The van der Waals surface area contributed by atoms with Crippen molar-refractivity contribution in [1.29, 1.82) is 0 Å². The Morgan fingerprint density at radius 1 is 1.44 bits per heavy atom. The van der Waals surface area contributed by atoms with Crippen molar-refractivity contribution in [3.05, 3.63) is 35.6 Å². The predicted octanol–water partition coefficient (Wildman–Crippen LogP) is 3.37. The van der Waals surface area contributed by atoms with Crippen LogP contribution in [0.25, 0.3) is 0 Å². The number of guanidine groups is 1. The number of halogens is 2. The standard InChI is InChI=1S/C19H31FN4.HI/c1-4-24-13-7-11-18(24)15-23(3)19(21-2)22-12-6-9-16-8-5-10-17(20)14-16;/h5,8,10,14,18H,4,6-7,9,11-13,15H2,1-3H3,(H,21,22);1H. The van der Waals surface area contributed by atoms with Crippen molar-refractivity contribution < 1.29 is 4.39 Å². The van der Waals surface area contributed by atoms with Gasteiger partial charge in [0.1, 0.15) is 5.82 Å². The van der Waals surface area contributed by atoms with Crippen LogP contribution in [0, 0.1) is 5.82 Å². The van der Waals surface area contributed by atoms with Gasteiger partial charge in [-0.1, -0.05) is 19.1 Å². The van der Waals surface area contributed by atoms with Crippen LogP contribution in [-0.4, -0.2) is 62.1 Å². The van der Waals surface area contributed by atoms with Gasteiger partial charge in [0.2, 0.25) is 0 Å². The molecular weight excluding hydrogens is 430 g/mol. The van der Waals surface area contributed by atoms with E-state index < -0.39 is 0 Å². The van der Waals surface area contributed by atoms with Gasteiger partial charge in [-0.15, -0.1) is 24.0 Å². The van der Waals surface area contributed by atoms with Gasteiger partial charge in [-0.05, 0) is 56.5 Å². The molecule has 1 unspecified atom stereocenters. The Hall–Kier alpha value is -0.890. The van der Waals surface area contributed by atoms with Gasteiger partial charge in [-0.3, -0.25) is 9.89 Å². The number of hydrogen-bond donors (Lipinski definition) is 1. The molecule has 1 fully saturated rings. The van der Waals surface area contributed by atoms with Crippen molar-refractivity contribution in [1.82, 2.24) is 15.1 Å². The fraction of sp³-hybridized carbons (Fsp3) is 0.632. The molecule has 0 aliphatic carbocycles. The van der Waals surface area contributed by atoms with E-state index in [9.17, 15) is 4.39 Å². The average molecular weight is 462 g/mol. The predicted molar refractivity (Wildman–Crippen MR) is 114 cm³/mol. The van der Waals surface area contributed by atoms with Crippen LogP contribution in [0.5, 0.6) is 0 Å². The highest BCUT2D eigenvalue weighted by atomic mass is 127. The molecule has 0 amide bonds. The Morgan fingerprint density at radius 3 is 2.92 bits per heavy atom. The molecule has 0 aromatic heterocycles. The minimum absolute atomic E-state index is 0. The highest BCUT2D eigenvalue weighted by Gasteiger charge is 2.24. The van der Waals surface area contributed by atoms with Gasteiger partial charge < -0.3 is 10.2 Å². The molecule has 25 heavy (non-hydrogen) atoms. The molecule has 1 aromatic carbocycles. The Balaban J connectivity index is 0.00000312. The first kappa shape index (κ1) is 22.2. The number of aryl methyl sites for hydroxylation is 1. The molecule has 0 radical (unpaired) electrons. The lowest BCUT2D eigenvalue weighted by Crippen LogP contribution is -2.46. The second-order valence-electron chi connectivity index (χ2n) is 6.51. The second-order valence-corrected chi connectivity index (χ2v) is 6.51. The van der Waals surface area contributed by atoms with Crippen LogP contribution in [0.3, 0.4) is 0 Å². The second kappa shape index (κ2) is 11.7. The highest BCUT2D eigenvalue weighted by Crippen LogP contribution is 2.17. The normalized spacial score (nSPS) is 18.1. The number of rotatable bonds is 7. The van der Waals surface area contributed by atoms with E-state index in [0.29, 0.717) is 6.04 Å². The summed E-state index contributed by atoms with van der Waals surface area (Å²) in [5.41, 5.74) is 1.05. The molecule has 1 aliphatic heterocycles. The summed E-state index contributed by atoms with van der Waals surface area (Å²) in [6, 6.07) is 7.47. The van der Waals surface area contributed by atoms with Crippen molar-refractivity contribution in [3.63, 3.8) is 0 Å². The maximum absolute atomic E-state index is 13.2. The molecule has 1 saturated heterocycles. The van der Waals surface area contributed by atoms with E-state index in [1.807, 2.05) is 13.1 Å². The highest BCUT2D eigenvalue weighted by molar-refractivity contribution is 14.0. The topological polar surface area (TPSA) is 30.9 Å². The third-order valence-electron chi connectivity index (χ3n) is 4.78. The summed E-state index contributed by atoms with van der Waals surface area (Å²) in [6.45, 7) is 6.43. The minimum Gasteiger partial charge on any atom is -0.356 e. The van der Waals surface area contributed by atoms with Crippen molar-refractivity contribution in [3.8, 4) is 0 Å². The van der Waals surface area contributed by atoms with Gasteiger partial charge in [-0.2, -0.15) is 0 Å². The van der Waals surface area contributed by atoms with E-state index >= 15 is 0 Å². The van der Waals surface area contributed by atoms with Crippen LogP contribution < -0.4 is 5.32 Å². The summed E-state index contributed by atoms with van der Waals surface area (Å²) in [5.74, 6) is 0.783. The number of likely N-dealkylation sites (N-methyl/N-ethyl adjacent to an activating group) is 2. The number of likely N-dealkylation sites (tertiary alicyclic amines) is 1. The maximum atomic E-state index is 13.2. The van der Waals surface area contributed by atoms with E-state index in [4.69, 9.17) is 0 Å². The van der Waals surface area contributed by atoms with Crippen molar-refractivity contribution in [2.75, 3.05) is 40.3 Å². The molecule has 0 spiro atoms. The number of hydrogen-bond acceptors (Lipinski definition) is 2. The van der Waals surface area contributed by atoms with Gasteiger partial charge in [0, 0.05) is 33.2 Å². The van der Waals surface area contributed by atoms with E-state index in [0.717, 1.165) is 44.0 Å². The third-order valence-corrected chi connectivity index (χ3v) is 4.78. The van der Waals surface area contributed by atoms with E-state index in [-0.39, 0.29) is 29.8 Å². The first-order valence-electron chi connectivity index (χ1n) is 9.04. The first-order valence-corrected chi connectivity index (χ1v) is 9.04. The monoisotopic (exact) mass is 462 g/mol.